The van der Waals surface area contributed by atoms with E-state index >= 15 is 0 Å². The summed E-state index contributed by atoms with van der Waals surface area (Å²) < 4.78 is 11.9. The van der Waals surface area contributed by atoms with E-state index in [9.17, 15) is 0 Å². The maximum atomic E-state index is 6.19. The number of pyridine rings is 1. The maximum absolute atomic E-state index is 6.19. The van der Waals surface area contributed by atoms with Crippen molar-refractivity contribution in [2.45, 2.75) is 18.4 Å². The molecule has 1 aromatic heterocycles. The molecule has 0 fully saturated rings. The van der Waals surface area contributed by atoms with Crippen LogP contribution in [0.25, 0.3) is 0 Å². The third kappa shape index (κ3) is 2.13. The van der Waals surface area contributed by atoms with Crippen molar-refractivity contribution in [3.05, 3.63) is 83.2 Å². The molecule has 0 N–H and O–H groups in total. The second kappa shape index (κ2) is 5.49. The first-order valence-electron chi connectivity index (χ1n) is 9.51. The average Bonchev–Trinajstić information content (AvgIpc) is 3.39. The van der Waals surface area contributed by atoms with E-state index in [-0.39, 0.29) is 5.41 Å². The van der Waals surface area contributed by atoms with Gasteiger partial charge in [-0.05, 0) is 35.4 Å². The molecule has 0 amide bonds. The fourth-order valence-electron chi connectivity index (χ4n) is 4.81. The van der Waals surface area contributed by atoms with Crippen molar-refractivity contribution in [2.24, 2.45) is 0 Å². The molecule has 3 aromatic rings. The van der Waals surface area contributed by atoms with Crippen LogP contribution in [0.2, 0.25) is 0 Å². The molecular weight excluding hydrogens is 336 g/mol. The highest BCUT2D eigenvalue weighted by Crippen LogP contribution is 2.53. The Morgan fingerprint density at radius 3 is 2.81 bits per heavy atom. The van der Waals surface area contributed by atoms with Crippen LogP contribution in [0.3, 0.4) is 0 Å². The van der Waals surface area contributed by atoms with Crippen molar-refractivity contribution >= 4 is 5.69 Å². The first kappa shape index (κ1) is 15.1. The number of rotatable bonds is 2. The first-order chi connectivity index (χ1) is 13.3. The summed E-state index contributed by atoms with van der Waals surface area (Å²) in [6, 6.07) is 19.3. The van der Waals surface area contributed by atoms with E-state index in [1.807, 2.05) is 12.3 Å². The fourth-order valence-corrected chi connectivity index (χ4v) is 4.81. The van der Waals surface area contributed by atoms with Crippen LogP contribution < -0.4 is 14.4 Å². The molecule has 2 aromatic carbocycles. The van der Waals surface area contributed by atoms with Crippen molar-refractivity contribution < 1.29 is 9.47 Å². The summed E-state index contributed by atoms with van der Waals surface area (Å²) in [4.78, 5) is 6.98. The van der Waals surface area contributed by atoms with Gasteiger partial charge < -0.3 is 14.4 Å². The van der Waals surface area contributed by atoms with Gasteiger partial charge in [-0.1, -0.05) is 24.3 Å². The SMILES string of the molecule is c1ccc(CN2C[C@@]3(COc4cc5c(cc43)CCO5)c3ccccc32)nc1. The van der Waals surface area contributed by atoms with E-state index < -0.39 is 0 Å². The molecule has 0 unspecified atom stereocenters. The van der Waals surface area contributed by atoms with Gasteiger partial charge in [-0.2, -0.15) is 0 Å². The van der Waals surface area contributed by atoms with E-state index in [0.29, 0.717) is 6.61 Å². The van der Waals surface area contributed by atoms with E-state index in [0.717, 1.165) is 43.3 Å². The van der Waals surface area contributed by atoms with Gasteiger partial charge in [0.15, 0.2) is 0 Å². The Bertz CT molecular complexity index is 1030. The van der Waals surface area contributed by atoms with Crippen LogP contribution in [-0.4, -0.2) is 24.7 Å². The second-order valence-electron chi connectivity index (χ2n) is 7.62. The normalized spacial score (nSPS) is 21.6. The Hall–Kier alpha value is -3.01. The standard InChI is InChI=1S/C23H20N2O2/c1-2-7-20-18(6-1)23(14-25(20)13-17-5-3-4-9-24-17)15-27-22-12-21-16(8-10-26-21)11-19(22)23/h1-7,9,11-12H,8,10,13-15H2/t23-/m1/s1. The lowest BCUT2D eigenvalue weighted by Gasteiger charge is -2.25. The van der Waals surface area contributed by atoms with Gasteiger partial charge in [0.2, 0.25) is 0 Å². The number of ether oxygens (including phenoxy) is 2. The van der Waals surface area contributed by atoms with Gasteiger partial charge in [0.25, 0.3) is 0 Å². The highest BCUT2D eigenvalue weighted by atomic mass is 16.5. The van der Waals surface area contributed by atoms with Crippen LogP contribution in [-0.2, 0) is 18.4 Å². The molecule has 27 heavy (non-hydrogen) atoms. The van der Waals surface area contributed by atoms with Crippen molar-refractivity contribution in [1.82, 2.24) is 4.98 Å². The summed E-state index contributed by atoms with van der Waals surface area (Å²) in [6.45, 7) is 3.17. The number of para-hydroxylation sites is 1. The van der Waals surface area contributed by atoms with E-state index in [2.05, 4.69) is 58.4 Å². The third-order valence-corrected chi connectivity index (χ3v) is 6.08. The smallest absolute Gasteiger partial charge is 0.127 e. The molecule has 4 nitrogen and oxygen atoms in total. The maximum Gasteiger partial charge on any atom is 0.127 e. The molecule has 4 heteroatoms. The van der Waals surface area contributed by atoms with Crippen molar-refractivity contribution in [3.63, 3.8) is 0 Å². The highest BCUT2D eigenvalue weighted by molar-refractivity contribution is 5.70. The number of fused-ring (bicyclic) bond motifs is 5. The molecule has 0 saturated carbocycles. The zero-order valence-corrected chi connectivity index (χ0v) is 15.0. The van der Waals surface area contributed by atoms with Crippen LogP contribution in [0.4, 0.5) is 5.69 Å². The molecule has 0 aliphatic carbocycles. The summed E-state index contributed by atoms with van der Waals surface area (Å²) >= 11 is 0. The van der Waals surface area contributed by atoms with E-state index in [1.165, 1.54) is 22.4 Å². The topological polar surface area (TPSA) is 34.6 Å². The van der Waals surface area contributed by atoms with Gasteiger partial charge in [0.05, 0.1) is 24.3 Å². The number of benzene rings is 2. The molecule has 134 valence electrons. The zero-order valence-electron chi connectivity index (χ0n) is 15.0. The minimum atomic E-state index is -0.113. The van der Waals surface area contributed by atoms with Crippen molar-refractivity contribution in [2.75, 3.05) is 24.7 Å². The third-order valence-electron chi connectivity index (χ3n) is 6.08. The molecule has 0 bridgehead atoms. The van der Waals surface area contributed by atoms with Crippen LogP contribution in [0.1, 0.15) is 22.4 Å². The number of anilines is 1. The van der Waals surface area contributed by atoms with Crippen LogP contribution in [0, 0.1) is 0 Å². The van der Waals surface area contributed by atoms with Gasteiger partial charge in [-0.25, -0.2) is 0 Å². The summed E-state index contributed by atoms with van der Waals surface area (Å²) in [5.74, 6) is 1.97. The minimum absolute atomic E-state index is 0.113. The molecule has 4 heterocycles. The lowest BCUT2D eigenvalue weighted by atomic mass is 9.77. The lowest BCUT2D eigenvalue weighted by molar-refractivity contribution is 0.297. The molecule has 1 atom stereocenters. The molecule has 6 rings (SSSR count). The van der Waals surface area contributed by atoms with Crippen molar-refractivity contribution in [1.29, 1.82) is 0 Å². The summed E-state index contributed by atoms with van der Waals surface area (Å²) in [6.07, 6.45) is 2.85. The lowest BCUT2D eigenvalue weighted by Crippen LogP contribution is -2.36. The van der Waals surface area contributed by atoms with Crippen LogP contribution in [0.15, 0.2) is 60.8 Å². The molecule has 3 aliphatic rings. The van der Waals surface area contributed by atoms with Gasteiger partial charge in [-0.3, -0.25) is 4.98 Å². The van der Waals surface area contributed by atoms with Gasteiger partial charge in [0.1, 0.15) is 18.1 Å². The summed E-state index contributed by atoms with van der Waals surface area (Å²) in [5, 5.41) is 0. The van der Waals surface area contributed by atoms with Gasteiger partial charge in [0, 0.05) is 36.5 Å². The Balaban J connectivity index is 1.46. The fraction of sp³-hybridized carbons (Fsp3) is 0.261. The number of aromatic nitrogens is 1. The minimum Gasteiger partial charge on any atom is -0.493 e. The second-order valence-corrected chi connectivity index (χ2v) is 7.62. The highest BCUT2D eigenvalue weighted by Gasteiger charge is 2.50. The van der Waals surface area contributed by atoms with Crippen LogP contribution in [0.5, 0.6) is 11.5 Å². The largest absolute Gasteiger partial charge is 0.493 e. The Kier molecular flexibility index (Phi) is 3.07. The first-order valence-corrected chi connectivity index (χ1v) is 9.51. The Labute approximate surface area is 158 Å². The zero-order chi connectivity index (χ0) is 17.8. The van der Waals surface area contributed by atoms with Crippen molar-refractivity contribution in [3.8, 4) is 11.5 Å². The summed E-state index contributed by atoms with van der Waals surface area (Å²) in [5.41, 5.74) is 6.24. The van der Waals surface area contributed by atoms with Gasteiger partial charge in [-0.15, -0.1) is 0 Å². The molecular formula is C23H20N2O2. The molecule has 3 aliphatic heterocycles. The molecule has 0 radical (unpaired) electrons. The van der Waals surface area contributed by atoms with E-state index in [1.54, 1.807) is 0 Å². The number of hydrogen-bond donors (Lipinski definition) is 0. The Morgan fingerprint density at radius 2 is 1.89 bits per heavy atom. The molecule has 0 saturated heterocycles. The van der Waals surface area contributed by atoms with E-state index in [4.69, 9.17) is 9.47 Å². The summed E-state index contributed by atoms with van der Waals surface area (Å²) in [7, 11) is 0. The predicted molar refractivity (Wildman–Crippen MR) is 104 cm³/mol. The monoisotopic (exact) mass is 356 g/mol. The quantitative estimate of drug-likeness (QED) is 0.701. The number of hydrogen-bond acceptors (Lipinski definition) is 4. The predicted octanol–water partition coefficient (Wildman–Crippen LogP) is 3.72. The average molecular weight is 356 g/mol. The Morgan fingerprint density at radius 1 is 0.963 bits per heavy atom. The molecule has 1 spiro atoms. The number of nitrogens with zero attached hydrogens (tertiary/aromatic N) is 2. The van der Waals surface area contributed by atoms with Crippen LogP contribution >= 0.6 is 0 Å². The van der Waals surface area contributed by atoms with Gasteiger partial charge >= 0.3 is 0 Å².